The van der Waals surface area contributed by atoms with E-state index in [9.17, 15) is 5.11 Å². The van der Waals surface area contributed by atoms with Gasteiger partial charge in [-0.05, 0) is 24.1 Å². The van der Waals surface area contributed by atoms with Gasteiger partial charge in [-0.3, -0.25) is 9.80 Å². The number of hydrogen-bond donors (Lipinski definition) is 1. The Morgan fingerprint density at radius 2 is 2.00 bits per heavy atom. The molecule has 1 saturated heterocycles. The van der Waals surface area contributed by atoms with Crippen molar-refractivity contribution < 1.29 is 5.11 Å². The fourth-order valence-corrected chi connectivity index (χ4v) is 2.90. The van der Waals surface area contributed by atoms with E-state index in [1.54, 1.807) is 0 Å². The number of halogens is 1. The van der Waals surface area contributed by atoms with Crippen LogP contribution in [0.1, 0.15) is 18.9 Å². The fourth-order valence-electron chi connectivity index (χ4n) is 2.68. The summed E-state index contributed by atoms with van der Waals surface area (Å²) in [5.41, 5.74) is 1.27. The molecule has 0 bridgehead atoms. The van der Waals surface area contributed by atoms with Gasteiger partial charge in [-0.1, -0.05) is 30.7 Å². The maximum absolute atomic E-state index is 9.34. The van der Waals surface area contributed by atoms with E-state index < -0.39 is 0 Å². The smallest absolute Gasteiger partial charge is 0.0586 e. The van der Waals surface area contributed by atoms with E-state index in [1.807, 2.05) is 18.2 Å². The van der Waals surface area contributed by atoms with Gasteiger partial charge in [0.15, 0.2) is 0 Å². The molecule has 4 heteroatoms. The molecule has 0 aliphatic carbocycles. The van der Waals surface area contributed by atoms with E-state index in [1.165, 1.54) is 5.56 Å². The molecular formula is C15H23ClN2O. The van der Waals surface area contributed by atoms with Crippen LogP contribution in [0.25, 0.3) is 0 Å². The Morgan fingerprint density at radius 3 is 2.58 bits per heavy atom. The van der Waals surface area contributed by atoms with E-state index in [2.05, 4.69) is 22.8 Å². The summed E-state index contributed by atoms with van der Waals surface area (Å²) in [5.74, 6) is 0. The van der Waals surface area contributed by atoms with Crippen LogP contribution in [0.5, 0.6) is 0 Å². The van der Waals surface area contributed by atoms with Gasteiger partial charge in [0.1, 0.15) is 0 Å². The van der Waals surface area contributed by atoms with E-state index in [0.29, 0.717) is 6.04 Å². The van der Waals surface area contributed by atoms with Gasteiger partial charge in [0.25, 0.3) is 0 Å². The average Bonchev–Trinajstić information content (AvgIpc) is 2.42. The van der Waals surface area contributed by atoms with Crippen molar-refractivity contribution in [1.29, 1.82) is 0 Å². The van der Waals surface area contributed by atoms with Gasteiger partial charge in [0.05, 0.1) is 6.61 Å². The normalized spacial score (nSPS) is 19.5. The number of benzene rings is 1. The first-order chi connectivity index (χ1) is 9.22. The highest BCUT2D eigenvalue weighted by Gasteiger charge is 2.22. The molecule has 3 nitrogen and oxygen atoms in total. The summed E-state index contributed by atoms with van der Waals surface area (Å²) >= 11 is 6.01. The first-order valence-corrected chi connectivity index (χ1v) is 7.42. The van der Waals surface area contributed by atoms with Crippen molar-refractivity contribution in [3.8, 4) is 0 Å². The third kappa shape index (κ3) is 4.18. The molecule has 0 saturated carbocycles. The van der Waals surface area contributed by atoms with Crippen LogP contribution in [-0.2, 0) is 6.54 Å². The molecule has 1 aliphatic heterocycles. The molecule has 1 N–H and O–H groups in total. The van der Waals surface area contributed by atoms with Crippen molar-refractivity contribution in [1.82, 2.24) is 9.80 Å². The van der Waals surface area contributed by atoms with Gasteiger partial charge in [-0.2, -0.15) is 0 Å². The van der Waals surface area contributed by atoms with E-state index >= 15 is 0 Å². The van der Waals surface area contributed by atoms with Crippen LogP contribution in [0.15, 0.2) is 24.3 Å². The van der Waals surface area contributed by atoms with Crippen LogP contribution in [0.4, 0.5) is 0 Å². The monoisotopic (exact) mass is 282 g/mol. The Hall–Kier alpha value is -0.610. The van der Waals surface area contributed by atoms with Crippen LogP contribution in [0.2, 0.25) is 5.02 Å². The van der Waals surface area contributed by atoms with E-state index in [-0.39, 0.29) is 6.61 Å². The van der Waals surface area contributed by atoms with E-state index in [4.69, 9.17) is 11.6 Å². The first-order valence-electron chi connectivity index (χ1n) is 7.04. The van der Waals surface area contributed by atoms with Crippen molar-refractivity contribution in [2.45, 2.75) is 25.9 Å². The number of piperazine rings is 1. The molecule has 0 spiro atoms. The Morgan fingerprint density at radius 1 is 1.26 bits per heavy atom. The summed E-state index contributed by atoms with van der Waals surface area (Å²) in [4.78, 5) is 4.85. The largest absolute Gasteiger partial charge is 0.395 e. The minimum atomic E-state index is 0.269. The molecular weight excluding hydrogens is 260 g/mol. The summed E-state index contributed by atoms with van der Waals surface area (Å²) in [7, 11) is 0. The van der Waals surface area contributed by atoms with Gasteiger partial charge in [0.2, 0.25) is 0 Å². The second kappa shape index (κ2) is 7.25. The summed E-state index contributed by atoms with van der Waals surface area (Å²) in [6, 6.07) is 8.41. The predicted molar refractivity (Wildman–Crippen MR) is 79.5 cm³/mol. The number of aliphatic hydroxyl groups excluding tert-OH is 1. The summed E-state index contributed by atoms with van der Waals surface area (Å²) in [6.07, 6.45) is 1.02. The van der Waals surface area contributed by atoms with Crippen molar-refractivity contribution in [2.75, 3.05) is 32.8 Å². The maximum atomic E-state index is 9.34. The lowest BCUT2D eigenvalue weighted by Crippen LogP contribution is -2.50. The van der Waals surface area contributed by atoms with Crippen LogP contribution < -0.4 is 0 Å². The lowest BCUT2D eigenvalue weighted by molar-refractivity contribution is 0.0608. The molecule has 0 radical (unpaired) electrons. The van der Waals surface area contributed by atoms with Crippen molar-refractivity contribution in [3.05, 3.63) is 34.9 Å². The third-order valence-electron chi connectivity index (χ3n) is 3.90. The van der Waals surface area contributed by atoms with Crippen LogP contribution in [0.3, 0.4) is 0 Å². The summed E-state index contributed by atoms with van der Waals surface area (Å²) in [5, 5.41) is 10.1. The zero-order valence-electron chi connectivity index (χ0n) is 11.6. The lowest BCUT2D eigenvalue weighted by Gasteiger charge is -2.38. The molecule has 1 heterocycles. The molecule has 1 fully saturated rings. The topological polar surface area (TPSA) is 26.7 Å². The average molecular weight is 283 g/mol. The third-order valence-corrected chi connectivity index (χ3v) is 4.14. The molecule has 106 valence electrons. The molecule has 1 unspecified atom stereocenters. The van der Waals surface area contributed by atoms with Gasteiger partial charge in [0, 0.05) is 43.8 Å². The van der Waals surface area contributed by atoms with Crippen LogP contribution in [0, 0.1) is 0 Å². The summed E-state index contributed by atoms with van der Waals surface area (Å²) < 4.78 is 0. The molecule has 2 rings (SSSR count). The maximum Gasteiger partial charge on any atom is 0.0586 e. The van der Waals surface area contributed by atoms with Gasteiger partial charge in [-0.25, -0.2) is 0 Å². The minimum Gasteiger partial charge on any atom is -0.395 e. The Labute approximate surface area is 120 Å². The van der Waals surface area contributed by atoms with E-state index in [0.717, 1.165) is 44.2 Å². The van der Waals surface area contributed by atoms with Crippen molar-refractivity contribution in [3.63, 3.8) is 0 Å². The second-order valence-electron chi connectivity index (χ2n) is 5.19. The van der Waals surface area contributed by atoms with Crippen molar-refractivity contribution in [2.24, 2.45) is 0 Å². The zero-order valence-corrected chi connectivity index (χ0v) is 12.3. The van der Waals surface area contributed by atoms with Crippen LogP contribution in [-0.4, -0.2) is 53.7 Å². The molecule has 1 aliphatic rings. The number of hydrogen-bond acceptors (Lipinski definition) is 3. The molecule has 1 aromatic rings. The lowest BCUT2D eigenvalue weighted by atomic mass is 10.1. The first kappa shape index (κ1) is 14.8. The van der Waals surface area contributed by atoms with Crippen LogP contribution >= 0.6 is 11.6 Å². The number of nitrogens with zero attached hydrogens (tertiary/aromatic N) is 2. The highest BCUT2D eigenvalue weighted by atomic mass is 35.5. The molecule has 1 atom stereocenters. The Balaban J connectivity index is 1.83. The Kier molecular flexibility index (Phi) is 5.64. The minimum absolute atomic E-state index is 0.269. The van der Waals surface area contributed by atoms with Gasteiger partial charge >= 0.3 is 0 Å². The fraction of sp³-hybridized carbons (Fsp3) is 0.600. The number of aliphatic hydroxyl groups is 1. The highest BCUT2D eigenvalue weighted by molar-refractivity contribution is 6.30. The Bertz CT molecular complexity index is 387. The predicted octanol–water partition coefficient (Wildman–Crippen LogP) is 2.23. The quantitative estimate of drug-likeness (QED) is 0.897. The molecule has 1 aromatic carbocycles. The SMILES string of the molecule is CCC(CO)N1CCN(Cc2cccc(Cl)c2)CC1. The van der Waals surface area contributed by atoms with Crippen molar-refractivity contribution >= 4 is 11.6 Å². The standard InChI is InChI=1S/C15H23ClN2O/c1-2-15(12-19)18-8-6-17(7-9-18)11-13-4-3-5-14(16)10-13/h3-5,10,15,19H,2,6-9,11-12H2,1H3. The molecule has 0 aromatic heterocycles. The van der Waals surface area contributed by atoms with Gasteiger partial charge < -0.3 is 5.11 Å². The second-order valence-corrected chi connectivity index (χ2v) is 5.62. The zero-order chi connectivity index (χ0) is 13.7. The molecule has 0 amide bonds. The van der Waals surface area contributed by atoms with Gasteiger partial charge in [-0.15, -0.1) is 0 Å². The summed E-state index contributed by atoms with van der Waals surface area (Å²) in [6.45, 7) is 7.57. The highest BCUT2D eigenvalue weighted by Crippen LogP contribution is 2.15. The molecule has 19 heavy (non-hydrogen) atoms. The number of rotatable bonds is 5.